The van der Waals surface area contributed by atoms with E-state index in [4.69, 9.17) is 0 Å². The number of fused-ring (bicyclic) bond motifs is 1. The first-order valence-electron chi connectivity index (χ1n) is 8.84. The Hall–Kier alpha value is -2.53. The lowest BCUT2D eigenvalue weighted by molar-refractivity contribution is -0.117. The average Bonchev–Trinajstić information content (AvgIpc) is 3.27. The molecule has 2 aromatic rings. The number of hydrogen-bond donors (Lipinski definition) is 1. The minimum atomic E-state index is 0.00339. The molecule has 3 heterocycles. The number of allylic oxidation sites excluding steroid dienone is 1. The number of carbonyl (C=O) groups is 1. The van der Waals surface area contributed by atoms with Gasteiger partial charge in [-0.2, -0.15) is 0 Å². The molecule has 128 valence electrons. The minimum absolute atomic E-state index is 0.00339. The van der Waals surface area contributed by atoms with Crippen LogP contribution in [0.5, 0.6) is 0 Å². The molecule has 1 aromatic carbocycles. The molecule has 1 amide bonds. The Labute approximate surface area is 147 Å². The third kappa shape index (κ3) is 3.46. The summed E-state index contributed by atoms with van der Waals surface area (Å²) in [4.78, 5) is 23.1. The summed E-state index contributed by atoms with van der Waals surface area (Å²) in [6, 6.07) is 8.72. The molecule has 5 nitrogen and oxygen atoms in total. The zero-order valence-corrected chi connectivity index (χ0v) is 14.4. The van der Waals surface area contributed by atoms with E-state index in [0.29, 0.717) is 18.4 Å². The molecule has 1 atom stereocenters. The zero-order chi connectivity index (χ0) is 17.2. The maximum atomic E-state index is 12.3. The van der Waals surface area contributed by atoms with E-state index in [1.807, 2.05) is 24.7 Å². The lowest BCUT2D eigenvalue weighted by Crippen LogP contribution is -2.35. The summed E-state index contributed by atoms with van der Waals surface area (Å²) in [5.41, 5.74) is 2.38. The Bertz CT molecular complexity index is 871. The van der Waals surface area contributed by atoms with E-state index in [1.54, 1.807) is 0 Å². The Morgan fingerprint density at radius 3 is 3.00 bits per heavy atom. The van der Waals surface area contributed by atoms with Gasteiger partial charge < -0.3 is 5.32 Å². The number of amides is 1. The molecule has 0 aliphatic carbocycles. The number of likely N-dealkylation sites (tertiary alicyclic amines) is 1. The Morgan fingerprint density at radius 2 is 2.24 bits per heavy atom. The predicted octanol–water partition coefficient (Wildman–Crippen LogP) is 3.47. The standard InChI is InChI=1S/C20H22N4O/c1-14-3-2-8-24(14)13-20(25)23-19-10-18-9-15(17-6-7-21-11-17)4-5-16(18)12-22-19/h4-5,7,9-12,14H,2-3,6,8,13H2,1H3,(H,22,23,25)/t14-/m1/s1. The van der Waals surface area contributed by atoms with E-state index in [0.717, 1.165) is 23.7 Å². The van der Waals surface area contributed by atoms with Gasteiger partial charge in [0.05, 0.1) is 6.54 Å². The summed E-state index contributed by atoms with van der Waals surface area (Å²) in [6.45, 7) is 3.61. The van der Waals surface area contributed by atoms with Crippen LogP contribution in [0.1, 0.15) is 31.7 Å². The Morgan fingerprint density at radius 1 is 1.32 bits per heavy atom. The van der Waals surface area contributed by atoms with Crippen molar-refractivity contribution in [2.45, 2.75) is 32.2 Å². The number of rotatable bonds is 4. The average molecular weight is 334 g/mol. The van der Waals surface area contributed by atoms with Gasteiger partial charge in [-0.05, 0) is 55.0 Å². The van der Waals surface area contributed by atoms with Gasteiger partial charge in [0, 0.05) is 36.5 Å². The number of anilines is 1. The van der Waals surface area contributed by atoms with Crippen LogP contribution in [0.2, 0.25) is 0 Å². The van der Waals surface area contributed by atoms with Crippen molar-refractivity contribution in [1.29, 1.82) is 0 Å². The first kappa shape index (κ1) is 16.0. The number of benzene rings is 1. The highest BCUT2D eigenvalue weighted by Crippen LogP contribution is 2.26. The van der Waals surface area contributed by atoms with Crippen molar-refractivity contribution in [3.05, 3.63) is 42.2 Å². The van der Waals surface area contributed by atoms with Crippen molar-refractivity contribution in [1.82, 2.24) is 9.88 Å². The third-order valence-corrected chi connectivity index (χ3v) is 5.04. The molecular weight excluding hydrogens is 312 g/mol. The molecule has 2 aliphatic heterocycles. The van der Waals surface area contributed by atoms with Crippen molar-refractivity contribution < 1.29 is 4.79 Å². The van der Waals surface area contributed by atoms with Crippen molar-refractivity contribution in [3.8, 4) is 0 Å². The third-order valence-electron chi connectivity index (χ3n) is 5.04. The summed E-state index contributed by atoms with van der Waals surface area (Å²) in [7, 11) is 0. The summed E-state index contributed by atoms with van der Waals surface area (Å²) in [6.07, 6.45) is 8.84. The monoisotopic (exact) mass is 334 g/mol. The van der Waals surface area contributed by atoms with E-state index >= 15 is 0 Å². The van der Waals surface area contributed by atoms with Crippen LogP contribution in [0, 0.1) is 0 Å². The molecule has 1 aromatic heterocycles. The number of nitrogens with one attached hydrogen (secondary N) is 1. The second kappa shape index (κ2) is 6.76. The molecule has 0 saturated carbocycles. The Kier molecular flexibility index (Phi) is 4.32. The SMILES string of the molecule is C[C@@H]1CCCN1CC(=O)Nc1cc2cc(C3=CN=CC3)ccc2cn1. The van der Waals surface area contributed by atoms with Crippen LogP contribution in [0.25, 0.3) is 16.3 Å². The van der Waals surface area contributed by atoms with Crippen LogP contribution in [-0.4, -0.2) is 41.1 Å². The lowest BCUT2D eigenvalue weighted by Gasteiger charge is -2.19. The molecule has 5 heteroatoms. The smallest absolute Gasteiger partial charge is 0.239 e. The van der Waals surface area contributed by atoms with Crippen LogP contribution in [0.15, 0.2) is 41.7 Å². The molecule has 0 radical (unpaired) electrons. The van der Waals surface area contributed by atoms with Gasteiger partial charge in [-0.15, -0.1) is 0 Å². The number of hydrogen-bond acceptors (Lipinski definition) is 4. The molecule has 2 aliphatic rings. The van der Waals surface area contributed by atoms with Crippen LogP contribution in [0.4, 0.5) is 5.82 Å². The van der Waals surface area contributed by atoms with Gasteiger partial charge >= 0.3 is 0 Å². The molecule has 1 saturated heterocycles. The number of aromatic nitrogens is 1. The number of nitrogens with zero attached hydrogens (tertiary/aromatic N) is 3. The second-order valence-electron chi connectivity index (χ2n) is 6.83. The first-order valence-corrected chi connectivity index (χ1v) is 8.84. The van der Waals surface area contributed by atoms with Crippen molar-refractivity contribution in [2.75, 3.05) is 18.4 Å². The van der Waals surface area contributed by atoms with Crippen LogP contribution in [0.3, 0.4) is 0 Å². The molecule has 1 N–H and O–H groups in total. The van der Waals surface area contributed by atoms with Crippen LogP contribution in [-0.2, 0) is 4.79 Å². The van der Waals surface area contributed by atoms with E-state index in [-0.39, 0.29) is 5.91 Å². The fourth-order valence-electron chi connectivity index (χ4n) is 3.54. The van der Waals surface area contributed by atoms with Gasteiger partial charge in [0.1, 0.15) is 5.82 Å². The van der Waals surface area contributed by atoms with Gasteiger partial charge in [0.2, 0.25) is 5.91 Å². The topological polar surface area (TPSA) is 57.6 Å². The van der Waals surface area contributed by atoms with E-state index in [1.165, 1.54) is 24.0 Å². The van der Waals surface area contributed by atoms with Crippen LogP contribution < -0.4 is 5.32 Å². The highest BCUT2D eigenvalue weighted by molar-refractivity contribution is 5.95. The largest absolute Gasteiger partial charge is 0.310 e. The first-order chi connectivity index (χ1) is 12.2. The molecule has 25 heavy (non-hydrogen) atoms. The summed E-state index contributed by atoms with van der Waals surface area (Å²) < 4.78 is 0. The van der Waals surface area contributed by atoms with Crippen molar-refractivity contribution in [3.63, 3.8) is 0 Å². The summed E-state index contributed by atoms with van der Waals surface area (Å²) in [5.74, 6) is 0.613. The Balaban J connectivity index is 1.50. The van der Waals surface area contributed by atoms with Crippen molar-refractivity contribution in [2.24, 2.45) is 4.99 Å². The van der Waals surface area contributed by atoms with Gasteiger partial charge in [-0.1, -0.05) is 12.1 Å². The maximum Gasteiger partial charge on any atom is 0.239 e. The van der Waals surface area contributed by atoms with Gasteiger partial charge in [-0.25, -0.2) is 4.98 Å². The van der Waals surface area contributed by atoms with E-state index in [2.05, 4.69) is 45.3 Å². The second-order valence-corrected chi connectivity index (χ2v) is 6.83. The lowest BCUT2D eigenvalue weighted by atomic mass is 10.0. The molecule has 0 spiro atoms. The number of carbonyl (C=O) groups excluding carboxylic acids is 1. The van der Waals surface area contributed by atoms with Gasteiger partial charge in [0.15, 0.2) is 0 Å². The van der Waals surface area contributed by atoms with Gasteiger partial charge in [-0.3, -0.25) is 14.7 Å². The van der Waals surface area contributed by atoms with Crippen molar-refractivity contribution >= 4 is 34.3 Å². The summed E-state index contributed by atoms with van der Waals surface area (Å²) >= 11 is 0. The van der Waals surface area contributed by atoms with Gasteiger partial charge in [0.25, 0.3) is 0 Å². The quantitative estimate of drug-likeness (QED) is 0.931. The maximum absolute atomic E-state index is 12.3. The zero-order valence-electron chi connectivity index (χ0n) is 14.4. The predicted molar refractivity (Wildman–Crippen MR) is 102 cm³/mol. The molecule has 0 unspecified atom stereocenters. The number of aliphatic imine (C=N–C) groups is 1. The molecule has 0 bridgehead atoms. The van der Waals surface area contributed by atoms with E-state index < -0.39 is 0 Å². The fraction of sp³-hybridized carbons (Fsp3) is 0.350. The highest BCUT2D eigenvalue weighted by atomic mass is 16.2. The molecular formula is C20H22N4O. The normalized spacial score (nSPS) is 20.2. The fourth-order valence-corrected chi connectivity index (χ4v) is 3.54. The highest BCUT2D eigenvalue weighted by Gasteiger charge is 2.22. The van der Waals surface area contributed by atoms with Crippen LogP contribution >= 0.6 is 0 Å². The molecule has 1 fully saturated rings. The molecule has 4 rings (SSSR count). The summed E-state index contributed by atoms with van der Waals surface area (Å²) in [5, 5.41) is 5.08. The number of pyridine rings is 1. The van der Waals surface area contributed by atoms with E-state index in [9.17, 15) is 4.79 Å². The minimum Gasteiger partial charge on any atom is -0.310 e.